The highest BCUT2D eigenvalue weighted by Crippen LogP contribution is 2.52. The minimum absolute atomic E-state index is 0.107. The van der Waals surface area contributed by atoms with Gasteiger partial charge in [0, 0.05) is 43.9 Å². The Labute approximate surface area is 384 Å². The van der Waals surface area contributed by atoms with Crippen LogP contribution in [0.2, 0.25) is 0 Å². The van der Waals surface area contributed by atoms with E-state index in [9.17, 15) is 0 Å². The summed E-state index contributed by atoms with van der Waals surface area (Å²) in [5, 5.41) is 4.74. The second-order valence-corrected chi connectivity index (χ2v) is 18.0. The largest absolute Gasteiger partial charge is 0.454 e. The molecule has 3 nitrogen and oxygen atoms in total. The Hall–Kier alpha value is -8.40. The van der Waals surface area contributed by atoms with Crippen LogP contribution in [0.25, 0.3) is 93.9 Å². The maximum Gasteiger partial charge on any atom is 0.159 e. The van der Waals surface area contributed by atoms with Crippen molar-refractivity contribution in [1.29, 1.82) is 0 Å². The van der Waals surface area contributed by atoms with Crippen LogP contribution < -0.4 is 4.90 Å². The molecule has 0 atom stereocenters. The summed E-state index contributed by atoms with van der Waals surface area (Å²) in [6.45, 7) is 4.72. The van der Waals surface area contributed by atoms with Gasteiger partial charge in [0.15, 0.2) is 5.58 Å². The molecule has 13 rings (SSSR count). The van der Waals surface area contributed by atoms with E-state index in [1.165, 1.54) is 72.0 Å². The standard InChI is InChI=1S/C63H44N2O/c1-63(2)55-23-8-3-16-49(55)53-21-13-20-48(61(53)63)44-35-39-46(40-36-44)64(59-27-14-22-54-52-19-7-12-28-60(52)66-62(54)59)45-37-33-42(34-38-45)41-29-31-43(32-30-41)47-15-4-9-24-56(47)65-57-25-10-5-17-50(57)51-18-6-11-26-58(51)65/h3-40H,1-2H3. The van der Waals surface area contributed by atoms with Gasteiger partial charge in [-0.25, -0.2) is 0 Å². The first-order valence-electron chi connectivity index (χ1n) is 22.8. The molecule has 2 heterocycles. The molecule has 0 amide bonds. The average molecular weight is 845 g/mol. The molecule has 10 aromatic carbocycles. The van der Waals surface area contributed by atoms with Crippen molar-refractivity contribution < 1.29 is 4.42 Å². The molecule has 0 saturated heterocycles. The maximum atomic E-state index is 6.68. The summed E-state index contributed by atoms with van der Waals surface area (Å²) < 4.78 is 9.08. The van der Waals surface area contributed by atoms with Gasteiger partial charge in [0.2, 0.25) is 0 Å². The van der Waals surface area contributed by atoms with Crippen molar-refractivity contribution in [2.45, 2.75) is 19.3 Å². The van der Waals surface area contributed by atoms with E-state index in [-0.39, 0.29) is 5.41 Å². The number of aromatic nitrogens is 1. The summed E-state index contributed by atoms with van der Waals surface area (Å²) in [7, 11) is 0. The van der Waals surface area contributed by atoms with Gasteiger partial charge in [-0.1, -0.05) is 190 Å². The van der Waals surface area contributed by atoms with E-state index < -0.39 is 0 Å². The second-order valence-electron chi connectivity index (χ2n) is 18.0. The molecule has 0 spiro atoms. The van der Waals surface area contributed by atoms with Crippen molar-refractivity contribution in [1.82, 2.24) is 4.57 Å². The van der Waals surface area contributed by atoms with E-state index in [1.54, 1.807) is 0 Å². The van der Waals surface area contributed by atoms with Gasteiger partial charge in [-0.3, -0.25) is 0 Å². The number of anilines is 3. The van der Waals surface area contributed by atoms with E-state index in [0.717, 1.165) is 50.1 Å². The highest BCUT2D eigenvalue weighted by molar-refractivity contribution is 6.11. The minimum Gasteiger partial charge on any atom is -0.454 e. The third-order valence-electron chi connectivity index (χ3n) is 14.0. The van der Waals surface area contributed by atoms with Crippen molar-refractivity contribution in [3.05, 3.63) is 242 Å². The van der Waals surface area contributed by atoms with Crippen LogP contribution in [0.5, 0.6) is 0 Å². The number of nitrogens with zero attached hydrogens (tertiary/aromatic N) is 2. The predicted molar refractivity (Wildman–Crippen MR) is 277 cm³/mol. The molecular formula is C63H44N2O. The zero-order valence-electron chi connectivity index (χ0n) is 36.7. The zero-order chi connectivity index (χ0) is 43.9. The lowest BCUT2D eigenvalue weighted by atomic mass is 9.79. The summed E-state index contributed by atoms with van der Waals surface area (Å²) in [6, 6.07) is 83.6. The van der Waals surface area contributed by atoms with Crippen LogP contribution in [0.1, 0.15) is 25.0 Å². The van der Waals surface area contributed by atoms with Crippen LogP contribution in [-0.4, -0.2) is 4.57 Å². The van der Waals surface area contributed by atoms with Crippen LogP contribution in [-0.2, 0) is 5.41 Å². The predicted octanol–water partition coefficient (Wildman–Crippen LogP) is 17.5. The van der Waals surface area contributed by atoms with Crippen LogP contribution >= 0.6 is 0 Å². The SMILES string of the molecule is CC1(C)c2ccccc2-c2cccc(-c3ccc(N(c4ccc(-c5ccc(-c6ccccc6-n6c7ccccc7c7ccccc76)cc5)cc4)c4cccc5c4oc4ccccc45)cc3)c21. The van der Waals surface area contributed by atoms with Crippen LogP contribution in [0.15, 0.2) is 235 Å². The number of para-hydroxylation sites is 5. The number of furan rings is 1. The Morgan fingerprint density at radius 3 is 1.58 bits per heavy atom. The summed E-state index contributed by atoms with van der Waals surface area (Å²) in [5.41, 5.74) is 20.9. The molecule has 1 aliphatic rings. The van der Waals surface area contributed by atoms with Crippen molar-refractivity contribution in [3.63, 3.8) is 0 Å². The molecule has 12 aromatic rings. The van der Waals surface area contributed by atoms with Crippen LogP contribution in [0.4, 0.5) is 17.1 Å². The lowest BCUT2D eigenvalue weighted by Gasteiger charge is -2.27. The fourth-order valence-electron chi connectivity index (χ4n) is 11.0. The molecule has 0 fully saturated rings. The zero-order valence-corrected chi connectivity index (χ0v) is 36.7. The number of hydrogen-bond donors (Lipinski definition) is 0. The molecule has 0 saturated carbocycles. The smallest absolute Gasteiger partial charge is 0.159 e. The molecule has 0 bridgehead atoms. The third-order valence-corrected chi connectivity index (χ3v) is 14.0. The van der Waals surface area contributed by atoms with Gasteiger partial charge in [0.05, 0.1) is 22.4 Å². The van der Waals surface area contributed by atoms with Crippen molar-refractivity contribution in [2.75, 3.05) is 4.90 Å². The molecule has 0 unspecified atom stereocenters. The van der Waals surface area contributed by atoms with E-state index in [4.69, 9.17) is 4.42 Å². The number of benzene rings is 10. The van der Waals surface area contributed by atoms with Crippen LogP contribution in [0.3, 0.4) is 0 Å². The Kier molecular flexibility index (Phi) is 8.56. The molecule has 0 radical (unpaired) electrons. The molecule has 1 aliphatic carbocycles. The Balaban J connectivity index is 0.875. The van der Waals surface area contributed by atoms with Gasteiger partial charge in [0.25, 0.3) is 0 Å². The van der Waals surface area contributed by atoms with Crippen molar-refractivity contribution >= 4 is 60.8 Å². The maximum absolute atomic E-state index is 6.68. The fourth-order valence-corrected chi connectivity index (χ4v) is 11.0. The van der Waals surface area contributed by atoms with Crippen molar-refractivity contribution in [3.8, 4) is 50.2 Å². The number of fused-ring (bicyclic) bond motifs is 9. The molecule has 2 aromatic heterocycles. The first kappa shape index (κ1) is 38.1. The lowest BCUT2D eigenvalue weighted by molar-refractivity contribution is 0.662. The second kappa shape index (κ2) is 14.8. The van der Waals surface area contributed by atoms with E-state index in [0.29, 0.717) is 0 Å². The average Bonchev–Trinajstić information content (AvgIpc) is 4.00. The molecule has 0 aliphatic heterocycles. The number of hydrogen-bond acceptors (Lipinski definition) is 2. The molecule has 312 valence electrons. The first-order chi connectivity index (χ1) is 32.5. The Morgan fingerprint density at radius 2 is 0.864 bits per heavy atom. The Bertz CT molecular complexity index is 3780. The minimum atomic E-state index is -0.107. The van der Waals surface area contributed by atoms with E-state index in [1.807, 2.05) is 6.07 Å². The summed E-state index contributed by atoms with van der Waals surface area (Å²) >= 11 is 0. The molecular weight excluding hydrogens is 801 g/mol. The number of rotatable bonds is 7. The topological polar surface area (TPSA) is 21.3 Å². The van der Waals surface area contributed by atoms with E-state index in [2.05, 4.69) is 248 Å². The van der Waals surface area contributed by atoms with Gasteiger partial charge < -0.3 is 13.9 Å². The highest BCUT2D eigenvalue weighted by Gasteiger charge is 2.37. The highest BCUT2D eigenvalue weighted by atomic mass is 16.3. The van der Waals surface area contributed by atoms with Gasteiger partial charge in [-0.2, -0.15) is 0 Å². The van der Waals surface area contributed by atoms with Gasteiger partial charge >= 0.3 is 0 Å². The summed E-state index contributed by atoms with van der Waals surface area (Å²) in [6.07, 6.45) is 0. The normalized spacial score (nSPS) is 12.8. The van der Waals surface area contributed by atoms with Gasteiger partial charge in [-0.15, -0.1) is 0 Å². The molecule has 0 N–H and O–H groups in total. The van der Waals surface area contributed by atoms with Gasteiger partial charge in [0.1, 0.15) is 5.58 Å². The fraction of sp³-hybridized carbons (Fsp3) is 0.0476. The molecule has 66 heavy (non-hydrogen) atoms. The summed E-state index contributed by atoms with van der Waals surface area (Å²) in [4.78, 5) is 2.34. The van der Waals surface area contributed by atoms with Crippen molar-refractivity contribution in [2.24, 2.45) is 0 Å². The van der Waals surface area contributed by atoms with Crippen LogP contribution in [0, 0.1) is 0 Å². The quantitative estimate of drug-likeness (QED) is 0.159. The summed E-state index contributed by atoms with van der Waals surface area (Å²) in [5.74, 6) is 0. The Morgan fingerprint density at radius 1 is 0.379 bits per heavy atom. The molecule has 3 heteroatoms. The van der Waals surface area contributed by atoms with Gasteiger partial charge in [-0.05, 0) is 105 Å². The lowest BCUT2D eigenvalue weighted by Crippen LogP contribution is -2.16. The monoisotopic (exact) mass is 844 g/mol. The first-order valence-corrected chi connectivity index (χ1v) is 22.8. The third kappa shape index (κ3) is 5.83. The van der Waals surface area contributed by atoms with E-state index >= 15 is 0 Å².